The first-order valence-electron chi connectivity index (χ1n) is 7.51. The molecule has 0 spiro atoms. The van der Waals surface area contributed by atoms with Crippen molar-refractivity contribution in [3.8, 4) is 0 Å². The van der Waals surface area contributed by atoms with Crippen molar-refractivity contribution in [2.45, 2.75) is 13.8 Å². The lowest BCUT2D eigenvalue weighted by Gasteiger charge is -2.22. The Bertz CT molecular complexity index is 671. The van der Waals surface area contributed by atoms with E-state index in [1.807, 2.05) is 61.5 Å². The number of carbonyl (C=O) groups excluding carboxylic acids is 2. The second-order valence-corrected chi connectivity index (χ2v) is 5.26. The molecule has 2 N–H and O–H groups in total. The fourth-order valence-electron chi connectivity index (χ4n) is 2.24. The molecular formula is C18H21N3O2. The minimum atomic E-state index is -0.288. The second kappa shape index (κ2) is 7.98. The van der Waals surface area contributed by atoms with Gasteiger partial charge in [0.25, 0.3) is 0 Å². The lowest BCUT2D eigenvalue weighted by Crippen LogP contribution is -2.39. The Balaban J connectivity index is 1.87. The molecule has 0 heterocycles. The van der Waals surface area contributed by atoms with Crippen LogP contribution in [0.25, 0.3) is 0 Å². The number of aryl methyl sites for hydroxylation is 1. The fourth-order valence-corrected chi connectivity index (χ4v) is 2.24. The molecule has 0 saturated heterocycles. The summed E-state index contributed by atoms with van der Waals surface area (Å²) >= 11 is 0. The molecule has 0 unspecified atom stereocenters. The molecule has 0 radical (unpaired) electrons. The number of nitrogens with zero attached hydrogens (tertiary/aromatic N) is 1. The van der Waals surface area contributed by atoms with E-state index in [1.54, 1.807) is 4.90 Å². The maximum atomic E-state index is 11.8. The van der Waals surface area contributed by atoms with E-state index in [4.69, 9.17) is 0 Å². The molecule has 0 bridgehead atoms. The minimum absolute atomic E-state index is 0.0548. The number of nitrogens with one attached hydrogen (secondary N) is 2. The van der Waals surface area contributed by atoms with E-state index < -0.39 is 0 Å². The Morgan fingerprint density at radius 1 is 1.04 bits per heavy atom. The number of hydrogen-bond donors (Lipinski definition) is 2. The van der Waals surface area contributed by atoms with Gasteiger partial charge < -0.3 is 15.5 Å². The van der Waals surface area contributed by atoms with E-state index in [0.29, 0.717) is 13.1 Å². The summed E-state index contributed by atoms with van der Waals surface area (Å²) in [5.41, 5.74) is 2.65. The van der Waals surface area contributed by atoms with Gasteiger partial charge in [0.15, 0.2) is 0 Å². The van der Waals surface area contributed by atoms with Crippen LogP contribution in [0.3, 0.4) is 0 Å². The van der Waals surface area contributed by atoms with Crippen molar-refractivity contribution in [1.82, 2.24) is 5.32 Å². The number of anilines is 2. The Morgan fingerprint density at radius 3 is 2.43 bits per heavy atom. The SMILES string of the molecule is CC(=O)N(CCNC(=O)Nc1ccccc1)c1cccc(C)c1. The maximum absolute atomic E-state index is 11.8. The average molecular weight is 311 g/mol. The molecule has 5 nitrogen and oxygen atoms in total. The van der Waals surface area contributed by atoms with E-state index in [9.17, 15) is 9.59 Å². The van der Waals surface area contributed by atoms with Crippen LogP contribution in [0.15, 0.2) is 54.6 Å². The van der Waals surface area contributed by atoms with Crippen LogP contribution in [-0.4, -0.2) is 25.0 Å². The van der Waals surface area contributed by atoms with Gasteiger partial charge in [0.05, 0.1) is 0 Å². The average Bonchev–Trinajstić information content (AvgIpc) is 2.52. The van der Waals surface area contributed by atoms with Crippen LogP contribution in [0.1, 0.15) is 12.5 Å². The number of urea groups is 1. The predicted molar refractivity (Wildman–Crippen MR) is 92.7 cm³/mol. The molecule has 0 aliphatic rings. The van der Waals surface area contributed by atoms with E-state index in [1.165, 1.54) is 6.92 Å². The van der Waals surface area contributed by atoms with E-state index in [-0.39, 0.29) is 11.9 Å². The summed E-state index contributed by atoms with van der Waals surface area (Å²) in [4.78, 5) is 25.3. The third-order valence-corrected chi connectivity index (χ3v) is 3.35. The lowest BCUT2D eigenvalue weighted by molar-refractivity contribution is -0.116. The molecule has 0 fully saturated rings. The first-order chi connectivity index (χ1) is 11.1. The molecule has 0 atom stereocenters. The van der Waals surface area contributed by atoms with Gasteiger partial charge in [-0.2, -0.15) is 0 Å². The first-order valence-corrected chi connectivity index (χ1v) is 7.51. The standard InChI is InChI=1S/C18H21N3O2/c1-14-7-6-10-17(13-14)21(15(2)22)12-11-19-18(23)20-16-8-4-3-5-9-16/h3-10,13H,11-12H2,1-2H3,(H2,19,20,23). The molecule has 2 aromatic carbocycles. The van der Waals surface area contributed by atoms with Gasteiger partial charge in [-0.25, -0.2) is 4.79 Å². The van der Waals surface area contributed by atoms with Crippen molar-refractivity contribution in [3.05, 3.63) is 60.2 Å². The number of benzene rings is 2. The number of carbonyl (C=O) groups is 2. The zero-order valence-corrected chi connectivity index (χ0v) is 13.4. The number of rotatable bonds is 5. The summed E-state index contributed by atoms with van der Waals surface area (Å²) in [7, 11) is 0. The van der Waals surface area contributed by atoms with Crippen molar-refractivity contribution < 1.29 is 9.59 Å². The smallest absolute Gasteiger partial charge is 0.319 e. The maximum Gasteiger partial charge on any atom is 0.319 e. The minimum Gasteiger partial charge on any atom is -0.336 e. The van der Waals surface area contributed by atoms with Gasteiger partial charge in [0.2, 0.25) is 5.91 Å². The third-order valence-electron chi connectivity index (χ3n) is 3.35. The molecule has 120 valence electrons. The Hall–Kier alpha value is -2.82. The van der Waals surface area contributed by atoms with Gasteiger partial charge in [-0.05, 0) is 36.8 Å². The monoisotopic (exact) mass is 311 g/mol. The highest BCUT2D eigenvalue weighted by Crippen LogP contribution is 2.15. The quantitative estimate of drug-likeness (QED) is 0.891. The third kappa shape index (κ3) is 5.14. The van der Waals surface area contributed by atoms with Gasteiger partial charge in [-0.15, -0.1) is 0 Å². The molecule has 5 heteroatoms. The van der Waals surface area contributed by atoms with Gasteiger partial charge >= 0.3 is 6.03 Å². The van der Waals surface area contributed by atoms with Crippen LogP contribution in [-0.2, 0) is 4.79 Å². The van der Waals surface area contributed by atoms with Gasteiger partial charge in [0, 0.05) is 31.4 Å². The van der Waals surface area contributed by atoms with E-state index >= 15 is 0 Å². The Labute approximate surface area is 136 Å². The normalized spacial score (nSPS) is 10.0. The Morgan fingerprint density at radius 2 is 1.78 bits per heavy atom. The van der Waals surface area contributed by atoms with Crippen LogP contribution in [0.5, 0.6) is 0 Å². The van der Waals surface area contributed by atoms with Crippen LogP contribution >= 0.6 is 0 Å². The van der Waals surface area contributed by atoms with Gasteiger partial charge in [-0.3, -0.25) is 4.79 Å². The lowest BCUT2D eigenvalue weighted by atomic mass is 10.2. The van der Waals surface area contributed by atoms with E-state index in [0.717, 1.165) is 16.9 Å². The van der Waals surface area contributed by atoms with Crippen molar-refractivity contribution >= 4 is 23.3 Å². The van der Waals surface area contributed by atoms with Crippen LogP contribution in [0.4, 0.5) is 16.2 Å². The fraction of sp³-hybridized carbons (Fsp3) is 0.222. The summed E-state index contributed by atoms with van der Waals surface area (Å²) in [6, 6.07) is 16.7. The summed E-state index contributed by atoms with van der Waals surface area (Å²) in [6.07, 6.45) is 0. The summed E-state index contributed by atoms with van der Waals surface area (Å²) < 4.78 is 0. The van der Waals surface area contributed by atoms with Gasteiger partial charge in [0.1, 0.15) is 0 Å². The van der Waals surface area contributed by atoms with Crippen LogP contribution < -0.4 is 15.5 Å². The highest BCUT2D eigenvalue weighted by molar-refractivity contribution is 5.92. The second-order valence-electron chi connectivity index (χ2n) is 5.26. The summed E-state index contributed by atoms with van der Waals surface area (Å²) in [5.74, 6) is -0.0548. The molecular weight excluding hydrogens is 290 g/mol. The number of para-hydroxylation sites is 1. The van der Waals surface area contributed by atoms with Crippen molar-refractivity contribution in [1.29, 1.82) is 0 Å². The molecule has 2 rings (SSSR count). The van der Waals surface area contributed by atoms with Crippen molar-refractivity contribution in [3.63, 3.8) is 0 Å². The largest absolute Gasteiger partial charge is 0.336 e. The number of hydrogen-bond acceptors (Lipinski definition) is 2. The molecule has 0 aliphatic carbocycles. The van der Waals surface area contributed by atoms with Crippen LogP contribution in [0, 0.1) is 6.92 Å². The van der Waals surface area contributed by atoms with Gasteiger partial charge in [-0.1, -0.05) is 30.3 Å². The molecule has 3 amide bonds. The first kappa shape index (κ1) is 16.5. The molecule has 23 heavy (non-hydrogen) atoms. The highest BCUT2D eigenvalue weighted by atomic mass is 16.2. The van der Waals surface area contributed by atoms with E-state index in [2.05, 4.69) is 10.6 Å². The molecule has 2 aromatic rings. The molecule has 0 aliphatic heterocycles. The zero-order valence-electron chi connectivity index (χ0n) is 13.4. The van der Waals surface area contributed by atoms with Crippen LogP contribution in [0.2, 0.25) is 0 Å². The highest BCUT2D eigenvalue weighted by Gasteiger charge is 2.11. The summed E-state index contributed by atoms with van der Waals surface area (Å²) in [5, 5.41) is 5.50. The number of amides is 3. The molecule has 0 saturated carbocycles. The predicted octanol–water partition coefficient (Wildman–Crippen LogP) is 3.17. The summed E-state index contributed by atoms with van der Waals surface area (Å²) in [6.45, 7) is 4.28. The zero-order chi connectivity index (χ0) is 16.7. The molecule has 0 aromatic heterocycles. The topological polar surface area (TPSA) is 61.4 Å². The van der Waals surface area contributed by atoms with Crippen molar-refractivity contribution in [2.75, 3.05) is 23.3 Å². The Kier molecular flexibility index (Phi) is 5.74. The van der Waals surface area contributed by atoms with Crippen molar-refractivity contribution in [2.24, 2.45) is 0 Å².